The summed E-state index contributed by atoms with van der Waals surface area (Å²) in [4.78, 5) is 0. The minimum absolute atomic E-state index is 0.0235. The number of nitriles is 1. The predicted molar refractivity (Wildman–Crippen MR) is 68.1 cm³/mol. The van der Waals surface area contributed by atoms with E-state index in [1.165, 1.54) is 43.5 Å². The van der Waals surface area contributed by atoms with E-state index in [0.29, 0.717) is 11.3 Å². The van der Waals surface area contributed by atoms with Gasteiger partial charge in [0, 0.05) is 0 Å². The predicted octanol–water partition coefficient (Wildman–Crippen LogP) is 4.25. The Hall–Kier alpha value is -2.48. The van der Waals surface area contributed by atoms with Crippen LogP contribution in [0.3, 0.4) is 0 Å². The summed E-state index contributed by atoms with van der Waals surface area (Å²) in [7, 11) is 1.40. The molecule has 2 aromatic rings. The molecule has 5 heteroatoms. The molecule has 0 fully saturated rings. The number of nitrogens with zero attached hydrogens (tertiary/aromatic N) is 1. The number of benzene rings is 2. The van der Waals surface area contributed by atoms with Crippen LogP contribution in [0.15, 0.2) is 42.5 Å². The van der Waals surface area contributed by atoms with Crippen LogP contribution in [0, 0.1) is 11.3 Å². The van der Waals surface area contributed by atoms with Gasteiger partial charge in [0.25, 0.3) is 0 Å². The molecule has 2 aromatic carbocycles. The summed E-state index contributed by atoms with van der Waals surface area (Å²) in [5.41, 5.74) is -0.169. The van der Waals surface area contributed by atoms with Gasteiger partial charge in [-0.25, -0.2) is 0 Å². The Morgan fingerprint density at radius 3 is 2.40 bits per heavy atom. The van der Waals surface area contributed by atoms with Crippen LogP contribution < -0.4 is 4.74 Å². The smallest absolute Gasteiger partial charge is 0.417 e. The lowest BCUT2D eigenvalue weighted by atomic mass is 9.97. The largest absolute Gasteiger partial charge is 0.497 e. The van der Waals surface area contributed by atoms with Crippen molar-refractivity contribution in [2.75, 3.05) is 7.11 Å². The first kappa shape index (κ1) is 13.9. The van der Waals surface area contributed by atoms with Gasteiger partial charge in [0.15, 0.2) is 0 Å². The standard InChI is InChI=1S/C15H10F3NO/c1-20-12-7-10(9-19)6-11(8-12)13-4-2-3-5-14(13)15(16,17)18/h2-8H,1H3. The van der Waals surface area contributed by atoms with E-state index in [-0.39, 0.29) is 11.1 Å². The monoisotopic (exact) mass is 277 g/mol. The van der Waals surface area contributed by atoms with Gasteiger partial charge >= 0.3 is 6.18 Å². The lowest BCUT2D eigenvalue weighted by Crippen LogP contribution is -2.06. The normalized spacial score (nSPS) is 10.9. The zero-order valence-electron chi connectivity index (χ0n) is 10.5. The number of hydrogen-bond acceptors (Lipinski definition) is 2. The van der Waals surface area contributed by atoms with Crippen LogP contribution in [0.5, 0.6) is 5.75 Å². The maximum atomic E-state index is 13.0. The van der Waals surface area contributed by atoms with E-state index in [1.807, 2.05) is 6.07 Å². The van der Waals surface area contributed by atoms with Crippen LogP contribution in [-0.2, 0) is 6.18 Å². The van der Waals surface area contributed by atoms with Crippen molar-refractivity contribution in [1.82, 2.24) is 0 Å². The molecule has 0 bridgehead atoms. The number of ether oxygens (including phenoxy) is 1. The minimum atomic E-state index is -4.45. The number of alkyl halides is 3. The average Bonchev–Trinajstić information content (AvgIpc) is 2.45. The van der Waals surface area contributed by atoms with Crippen LogP contribution in [0.2, 0.25) is 0 Å². The third-order valence-corrected chi connectivity index (χ3v) is 2.81. The van der Waals surface area contributed by atoms with Crippen molar-refractivity contribution in [3.8, 4) is 22.9 Å². The molecule has 0 aromatic heterocycles. The fourth-order valence-corrected chi connectivity index (χ4v) is 1.92. The molecular formula is C15H10F3NO. The van der Waals surface area contributed by atoms with Crippen molar-refractivity contribution in [2.24, 2.45) is 0 Å². The highest BCUT2D eigenvalue weighted by Crippen LogP contribution is 2.38. The topological polar surface area (TPSA) is 33.0 Å². The van der Waals surface area contributed by atoms with Crippen LogP contribution in [0.1, 0.15) is 11.1 Å². The van der Waals surface area contributed by atoms with E-state index < -0.39 is 11.7 Å². The van der Waals surface area contributed by atoms with Crippen molar-refractivity contribution in [3.63, 3.8) is 0 Å². The highest BCUT2D eigenvalue weighted by atomic mass is 19.4. The van der Waals surface area contributed by atoms with E-state index in [0.717, 1.165) is 6.07 Å². The second-order valence-electron chi connectivity index (χ2n) is 4.11. The maximum Gasteiger partial charge on any atom is 0.417 e. The molecular weight excluding hydrogens is 267 g/mol. The Morgan fingerprint density at radius 1 is 1.10 bits per heavy atom. The number of hydrogen-bond donors (Lipinski definition) is 0. The molecule has 0 saturated carbocycles. The van der Waals surface area contributed by atoms with E-state index in [2.05, 4.69) is 0 Å². The summed E-state index contributed by atoms with van der Waals surface area (Å²) >= 11 is 0. The van der Waals surface area contributed by atoms with Crippen molar-refractivity contribution in [2.45, 2.75) is 6.18 Å². The van der Waals surface area contributed by atoms with Gasteiger partial charge in [-0.1, -0.05) is 18.2 Å². The molecule has 0 aliphatic carbocycles. The minimum Gasteiger partial charge on any atom is -0.497 e. The van der Waals surface area contributed by atoms with E-state index in [1.54, 1.807) is 0 Å². The molecule has 2 rings (SSSR count). The Balaban J connectivity index is 2.66. The summed E-state index contributed by atoms with van der Waals surface area (Å²) in [5, 5.41) is 8.93. The van der Waals surface area contributed by atoms with Crippen molar-refractivity contribution in [3.05, 3.63) is 53.6 Å². The molecule has 20 heavy (non-hydrogen) atoms. The fraction of sp³-hybridized carbons (Fsp3) is 0.133. The first-order valence-corrected chi connectivity index (χ1v) is 5.71. The second kappa shape index (κ2) is 5.25. The Kier molecular flexibility index (Phi) is 3.66. The molecule has 0 heterocycles. The molecule has 0 aliphatic heterocycles. The van der Waals surface area contributed by atoms with Crippen LogP contribution in [0.4, 0.5) is 13.2 Å². The SMILES string of the molecule is COc1cc(C#N)cc(-c2ccccc2C(F)(F)F)c1. The summed E-state index contributed by atoms with van der Waals surface area (Å²) in [6, 6.07) is 11.5. The molecule has 0 atom stereocenters. The lowest BCUT2D eigenvalue weighted by Gasteiger charge is -2.13. The zero-order chi connectivity index (χ0) is 14.8. The van der Waals surface area contributed by atoms with Gasteiger partial charge in [-0.05, 0) is 35.4 Å². The zero-order valence-corrected chi connectivity index (χ0v) is 10.5. The molecule has 0 radical (unpaired) electrons. The number of halogens is 3. The third kappa shape index (κ3) is 2.75. The average molecular weight is 277 g/mol. The fourth-order valence-electron chi connectivity index (χ4n) is 1.92. The van der Waals surface area contributed by atoms with E-state index in [4.69, 9.17) is 10.00 Å². The van der Waals surface area contributed by atoms with Crippen LogP contribution in [-0.4, -0.2) is 7.11 Å². The molecule has 0 amide bonds. The van der Waals surface area contributed by atoms with Gasteiger partial charge in [0.1, 0.15) is 5.75 Å². The lowest BCUT2D eigenvalue weighted by molar-refractivity contribution is -0.137. The molecule has 102 valence electrons. The van der Waals surface area contributed by atoms with Gasteiger partial charge in [-0.2, -0.15) is 18.4 Å². The molecule has 0 saturated heterocycles. The van der Waals surface area contributed by atoms with Crippen molar-refractivity contribution in [1.29, 1.82) is 5.26 Å². The first-order valence-electron chi connectivity index (χ1n) is 5.71. The third-order valence-electron chi connectivity index (χ3n) is 2.81. The van der Waals surface area contributed by atoms with Gasteiger partial charge < -0.3 is 4.74 Å². The van der Waals surface area contributed by atoms with E-state index >= 15 is 0 Å². The number of rotatable bonds is 2. The Labute approximate surface area is 114 Å². The maximum absolute atomic E-state index is 13.0. The summed E-state index contributed by atoms with van der Waals surface area (Å²) in [6.45, 7) is 0. The van der Waals surface area contributed by atoms with E-state index in [9.17, 15) is 13.2 Å². The molecule has 0 spiro atoms. The first-order chi connectivity index (χ1) is 9.45. The highest BCUT2D eigenvalue weighted by molar-refractivity contribution is 5.71. The van der Waals surface area contributed by atoms with Gasteiger partial charge in [-0.15, -0.1) is 0 Å². The highest BCUT2D eigenvalue weighted by Gasteiger charge is 2.33. The van der Waals surface area contributed by atoms with Crippen LogP contribution in [0.25, 0.3) is 11.1 Å². The summed E-state index contributed by atoms with van der Waals surface area (Å²) in [5.74, 6) is 0.344. The molecule has 0 aliphatic rings. The summed E-state index contributed by atoms with van der Waals surface area (Å²) < 4.78 is 44.0. The molecule has 0 unspecified atom stereocenters. The van der Waals surface area contributed by atoms with Crippen molar-refractivity contribution >= 4 is 0 Å². The Bertz CT molecular complexity index is 672. The molecule has 0 N–H and O–H groups in total. The van der Waals surface area contributed by atoms with Crippen LogP contribution >= 0.6 is 0 Å². The van der Waals surface area contributed by atoms with Crippen molar-refractivity contribution < 1.29 is 17.9 Å². The van der Waals surface area contributed by atoms with Gasteiger partial charge in [0.05, 0.1) is 24.3 Å². The van der Waals surface area contributed by atoms with Gasteiger partial charge in [-0.3, -0.25) is 0 Å². The second-order valence-corrected chi connectivity index (χ2v) is 4.11. The Morgan fingerprint density at radius 2 is 1.80 bits per heavy atom. The summed E-state index contributed by atoms with van der Waals surface area (Å²) in [6.07, 6.45) is -4.45. The van der Waals surface area contributed by atoms with Gasteiger partial charge in [0.2, 0.25) is 0 Å². The quantitative estimate of drug-likeness (QED) is 0.822. The molecule has 2 nitrogen and oxygen atoms in total. The number of methoxy groups -OCH3 is 1.